The van der Waals surface area contributed by atoms with Crippen molar-refractivity contribution in [2.75, 3.05) is 13.1 Å². The van der Waals surface area contributed by atoms with Crippen LogP contribution in [0.4, 0.5) is 4.39 Å². The van der Waals surface area contributed by atoms with Crippen LogP contribution in [0.3, 0.4) is 0 Å². The van der Waals surface area contributed by atoms with Crippen molar-refractivity contribution in [3.63, 3.8) is 0 Å². The molecule has 0 saturated carbocycles. The normalized spacial score (nSPS) is 18.1. The molecule has 1 heterocycles. The molecule has 3 heteroatoms. The predicted molar refractivity (Wildman–Crippen MR) is 51.9 cm³/mol. The number of hydrogen-bond acceptors (Lipinski definition) is 1. The van der Waals surface area contributed by atoms with Gasteiger partial charge in [0.1, 0.15) is 6.10 Å². The molecule has 1 fully saturated rings. The second-order valence-corrected chi connectivity index (χ2v) is 3.42. The fraction of sp³-hybridized carbons (Fsp3) is 0.455. The van der Waals surface area contributed by atoms with Crippen LogP contribution in [0.15, 0.2) is 24.3 Å². The molecule has 2 nitrogen and oxygen atoms in total. The van der Waals surface area contributed by atoms with Crippen LogP contribution in [0.2, 0.25) is 0 Å². The van der Waals surface area contributed by atoms with Gasteiger partial charge in [-0.25, -0.2) is 9.71 Å². The van der Waals surface area contributed by atoms with Crippen LogP contribution in [-0.2, 0) is 0 Å². The zero-order chi connectivity index (χ0) is 9.80. The van der Waals surface area contributed by atoms with E-state index < -0.39 is 0 Å². The molecule has 1 aromatic rings. The Morgan fingerprint density at radius 2 is 1.93 bits per heavy atom. The summed E-state index contributed by atoms with van der Waals surface area (Å²) in [5.41, 5.74) is 0. The Balaban J connectivity index is 1.99. The standard InChI is InChI=1S/C11H13FNO/c12-10-3-1-2-4-11(10)14-9-5-7-13-8-6-9/h1-4,9H,5-8H2. The third-order valence-electron chi connectivity index (χ3n) is 2.35. The minimum atomic E-state index is -0.282. The Morgan fingerprint density at radius 1 is 1.21 bits per heavy atom. The van der Waals surface area contributed by atoms with E-state index in [2.05, 4.69) is 5.32 Å². The van der Waals surface area contributed by atoms with Gasteiger partial charge >= 0.3 is 0 Å². The lowest BCUT2D eigenvalue weighted by atomic mass is 10.1. The predicted octanol–water partition coefficient (Wildman–Crippen LogP) is 1.97. The van der Waals surface area contributed by atoms with Crippen molar-refractivity contribution in [3.05, 3.63) is 30.1 Å². The maximum Gasteiger partial charge on any atom is 0.165 e. The Kier molecular flexibility index (Phi) is 2.99. The van der Waals surface area contributed by atoms with E-state index in [-0.39, 0.29) is 11.9 Å². The van der Waals surface area contributed by atoms with E-state index >= 15 is 0 Å². The Morgan fingerprint density at radius 3 is 2.64 bits per heavy atom. The van der Waals surface area contributed by atoms with E-state index in [1.807, 2.05) is 0 Å². The molecule has 75 valence electrons. The third-order valence-corrected chi connectivity index (χ3v) is 2.35. The van der Waals surface area contributed by atoms with Gasteiger partial charge in [0.15, 0.2) is 11.6 Å². The molecule has 0 bridgehead atoms. The van der Waals surface area contributed by atoms with Crippen molar-refractivity contribution in [1.29, 1.82) is 0 Å². The van der Waals surface area contributed by atoms with Crippen LogP contribution in [0.5, 0.6) is 5.75 Å². The third kappa shape index (κ3) is 2.23. The highest BCUT2D eigenvalue weighted by Crippen LogP contribution is 2.19. The highest BCUT2D eigenvalue weighted by atomic mass is 19.1. The van der Waals surface area contributed by atoms with E-state index in [4.69, 9.17) is 4.74 Å². The molecule has 1 saturated heterocycles. The molecule has 1 aliphatic heterocycles. The first-order valence-electron chi connectivity index (χ1n) is 4.91. The summed E-state index contributed by atoms with van der Waals surface area (Å²) in [6, 6.07) is 6.54. The average molecular weight is 194 g/mol. The molecule has 0 aromatic heterocycles. The number of para-hydroxylation sites is 1. The van der Waals surface area contributed by atoms with Gasteiger partial charge in [-0.1, -0.05) is 12.1 Å². The van der Waals surface area contributed by atoms with Crippen LogP contribution in [0, 0.1) is 5.82 Å². The largest absolute Gasteiger partial charge is 0.487 e. The molecule has 0 unspecified atom stereocenters. The summed E-state index contributed by atoms with van der Waals surface area (Å²) >= 11 is 0. The maximum atomic E-state index is 13.2. The van der Waals surface area contributed by atoms with Crippen molar-refractivity contribution in [3.8, 4) is 5.75 Å². The number of rotatable bonds is 2. The zero-order valence-electron chi connectivity index (χ0n) is 7.95. The summed E-state index contributed by atoms with van der Waals surface area (Å²) in [5, 5.41) is 4.22. The maximum absolute atomic E-state index is 13.2. The van der Waals surface area contributed by atoms with Gasteiger partial charge in [-0.3, -0.25) is 0 Å². The molecule has 14 heavy (non-hydrogen) atoms. The summed E-state index contributed by atoms with van der Waals surface area (Å²) in [7, 11) is 0. The molecule has 0 spiro atoms. The monoisotopic (exact) mass is 194 g/mol. The summed E-state index contributed by atoms with van der Waals surface area (Å²) < 4.78 is 18.7. The molecule has 0 amide bonds. The van der Waals surface area contributed by atoms with E-state index in [9.17, 15) is 4.39 Å². The first-order chi connectivity index (χ1) is 6.86. The SMILES string of the molecule is Fc1ccccc1OC1CC[N]CC1. The van der Waals surface area contributed by atoms with Gasteiger partial charge in [-0.05, 0) is 25.0 Å². The molecule has 0 N–H and O–H groups in total. The molecule has 0 atom stereocenters. The average Bonchev–Trinajstić information content (AvgIpc) is 2.23. The number of piperidine rings is 1. The first-order valence-corrected chi connectivity index (χ1v) is 4.91. The Bertz CT molecular complexity index is 297. The van der Waals surface area contributed by atoms with E-state index in [1.165, 1.54) is 6.07 Å². The summed E-state index contributed by atoms with van der Waals surface area (Å²) in [4.78, 5) is 0. The smallest absolute Gasteiger partial charge is 0.165 e. The second-order valence-electron chi connectivity index (χ2n) is 3.42. The van der Waals surface area contributed by atoms with Crippen LogP contribution in [0.25, 0.3) is 0 Å². The second kappa shape index (κ2) is 4.42. The van der Waals surface area contributed by atoms with Gasteiger partial charge < -0.3 is 4.74 Å². The van der Waals surface area contributed by atoms with E-state index in [0.717, 1.165) is 25.9 Å². The van der Waals surface area contributed by atoms with Crippen molar-refractivity contribution in [1.82, 2.24) is 5.32 Å². The number of hydrogen-bond donors (Lipinski definition) is 0. The molecule has 0 aliphatic carbocycles. The molecule has 1 aliphatic rings. The zero-order valence-corrected chi connectivity index (χ0v) is 7.95. The topological polar surface area (TPSA) is 23.3 Å². The quantitative estimate of drug-likeness (QED) is 0.706. The number of benzene rings is 1. The minimum Gasteiger partial charge on any atom is -0.487 e. The molecule has 1 aromatic carbocycles. The molecule has 2 rings (SSSR count). The number of ether oxygens (including phenoxy) is 1. The van der Waals surface area contributed by atoms with Crippen molar-refractivity contribution < 1.29 is 9.13 Å². The fourth-order valence-electron chi connectivity index (χ4n) is 1.56. The van der Waals surface area contributed by atoms with Gasteiger partial charge in [0, 0.05) is 13.1 Å². The van der Waals surface area contributed by atoms with E-state index in [0.29, 0.717) is 5.75 Å². The van der Waals surface area contributed by atoms with Crippen molar-refractivity contribution in [2.24, 2.45) is 0 Å². The first kappa shape index (κ1) is 9.46. The van der Waals surface area contributed by atoms with Crippen molar-refractivity contribution in [2.45, 2.75) is 18.9 Å². The summed E-state index contributed by atoms with van der Waals surface area (Å²) in [5.74, 6) is 0.0782. The lowest BCUT2D eigenvalue weighted by Crippen LogP contribution is -2.30. The van der Waals surface area contributed by atoms with Crippen LogP contribution >= 0.6 is 0 Å². The van der Waals surface area contributed by atoms with Gasteiger partial charge in [-0.15, -0.1) is 0 Å². The number of halogens is 1. The van der Waals surface area contributed by atoms with Gasteiger partial charge in [0.25, 0.3) is 0 Å². The Labute approximate surface area is 83.1 Å². The highest BCUT2D eigenvalue weighted by molar-refractivity contribution is 5.23. The summed E-state index contributed by atoms with van der Waals surface area (Å²) in [6.07, 6.45) is 1.92. The lowest BCUT2D eigenvalue weighted by Gasteiger charge is -2.22. The fourth-order valence-corrected chi connectivity index (χ4v) is 1.56. The molecular weight excluding hydrogens is 181 g/mol. The van der Waals surface area contributed by atoms with Crippen LogP contribution < -0.4 is 10.1 Å². The van der Waals surface area contributed by atoms with Crippen LogP contribution in [0.1, 0.15) is 12.8 Å². The van der Waals surface area contributed by atoms with E-state index in [1.54, 1.807) is 18.2 Å². The number of nitrogens with zero attached hydrogens (tertiary/aromatic N) is 1. The highest BCUT2D eigenvalue weighted by Gasteiger charge is 2.16. The van der Waals surface area contributed by atoms with Crippen LogP contribution in [-0.4, -0.2) is 19.2 Å². The van der Waals surface area contributed by atoms with Gasteiger partial charge in [0.2, 0.25) is 0 Å². The minimum absolute atomic E-state index is 0.129. The molecule has 1 radical (unpaired) electrons. The summed E-state index contributed by atoms with van der Waals surface area (Å²) in [6.45, 7) is 1.66. The van der Waals surface area contributed by atoms with Gasteiger partial charge in [0.05, 0.1) is 0 Å². The van der Waals surface area contributed by atoms with Crippen molar-refractivity contribution >= 4 is 0 Å². The van der Waals surface area contributed by atoms with Gasteiger partial charge in [-0.2, -0.15) is 0 Å². The lowest BCUT2D eigenvalue weighted by molar-refractivity contribution is 0.155. The molecular formula is C11H13FNO. The Hall–Kier alpha value is -1.09.